The van der Waals surface area contributed by atoms with Gasteiger partial charge >= 0.3 is 0 Å². The molecule has 2 aromatic carbocycles. The van der Waals surface area contributed by atoms with Gasteiger partial charge in [-0.3, -0.25) is 4.99 Å². The van der Waals surface area contributed by atoms with Crippen LogP contribution in [-0.4, -0.2) is 5.84 Å². The van der Waals surface area contributed by atoms with Gasteiger partial charge in [0.1, 0.15) is 5.84 Å². The maximum atomic E-state index is 6.06. The molecular weight excluding hydrogens is 312 g/mol. The molecule has 2 aromatic rings. The summed E-state index contributed by atoms with van der Waals surface area (Å²) in [5.74, 6) is 0.516. The second-order valence-electron chi connectivity index (χ2n) is 3.80. The van der Waals surface area contributed by atoms with Crippen LogP contribution in [0.25, 0.3) is 0 Å². The Hall–Kier alpha value is -1.32. The molecule has 0 aliphatic heterocycles. The van der Waals surface area contributed by atoms with E-state index in [9.17, 15) is 0 Å². The zero-order valence-corrected chi connectivity index (χ0v) is 11.9. The molecule has 4 heteroatoms. The Balaban J connectivity index is 2.14. The van der Waals surface area contributed by atoms with Crippen molar-refractivity contribution in [3.63, 3.8) is 0 Å². The van der Waals surface area contributed by atoms with E-state index in [4.69, 9.17) is 17.3 Å². The number of hydrogen-bond donors (Lipinski definition) is 1. The van der Waals surface area contributed by atoms with Gasteiger partial charge in [0.05, 0.1) is 6.54 Å². The molecule has 92 valence electrons. The largest absolute Gasteiger partial charge is 0.383 e. The monoisotopic (exact) mass is 322 g/mol. The number of nitrogens with two attached hydrogens (primary N) is 1. The minimum Gasteiger partial charge on any atom is -0.383 e. The van der Waals surface area contributed by atoms with E-state index >= 15 is 0 Å². The topological polar surface area (TPSA) is 38.4 Å². The summed E-state index contributed by atoms with van der Waals surface area (Å²) in [5, 5.41) is 0.713. The Morgan fingerprint density at radius 2 is 1.78 bits per heavy atom. The SMILES string of the molecule is NC(=NCc1ccccc1Cl)c1ccc(Br)cc1. The molecule has 0 aliphatic carbocycles. The molecule has 0 fully saturated rings. The molecule has 0 heterocycles. The molecule has 0 amide bonds. The summed E-state index contributed by atoms with van der Waals surface area (Å²) in [6.07, 6.45) is 0. The van der Waals surface area contributed by atoms with Crippen LogP contribution in [0.5, 0.6) is 0 Å². The van der Waals surface area contributed by atoms with E-state index in [1.807, 2.05) is 48.5 Å². The number of benzene rings is 2. The van der Waals surface area contributed by atoms with E-state index < -0.39 is 0 Å². The zero-order valence-electron chi connectivity index (χ0n) is 9.61. The summed E-state index contributed by atoms with van der Waals surface area (Å²) in [5.41, 5.74) is 7.81. The van der Waals surface area contributed by atoms with Crippen molar-refractivity contribution >= 4 is 33.4 Å². The number of rotatable bonds is 3. The molecule has 0 bridgehead atoms. The Kier molecular flexibility index (Phi) is 4.39. The van der Waals surface area contributed by atoms with Crippen molar-refractivity contribution in [1.82, 2.24) is 0 Å². The highest BCUT2D eigenvalue weighted by molar-refractivity contribution is 9.10. The minimum absolute atomic E-state index is 0.488. The van der Waals surface area contributed by atoms with Gasteiger partial charge in [0, 0.05) is 15.1 Å². The molecule has 0 unspecified atom stereocenters. The molecule has 0 aromatic heterocycles. The average Bonchev–Trinajstić information content (AvgIpc) is 2.38. The molecule has 0 saturated carbocycles. The smallest absolute Gasteiger partial charge is 0.125 e. The van der Waals surface area contributed by atoms with Crippen molar-refractivity contribution in [2.75, 3.05) is 0 Å². The minimum atomic E-state index is 0.488. The van der Waals surface area contributed by atoms with E-state index in [-0.39, 0.29) is 0 Å². The molecule has 0 saturated heterocycles. The van der Waals surface area contributed by atoms with Crippen molar-refractivity contribution in [2.24, 2.45) is 10.7 Å². The van der Waals surface area contributed by atoms with Gasteiger partial charge in [-0.2, -0.15) is 0 Å². The Bertz CT molecular complexity index is 564. The van der Waals surface area contributed by atoms with Crippen molar-refractivity contribution in [3.05, 3.63) is 69.2 Å². The lowest BCUT2D eigenvalue weighted by atomic mass is 10.2. The lowest BCUT2D eigenvalue weighted by Crippen LogP contribution is -2.13. The Labute approximate surface area is 120 Å². The molecule has 0 aliphatic rings. The highest BCUT2D eigenvalue weighted by atomic mass is 79.9. The summed E-state index contributed by atoms with van der Waals surface area (Å²) < 4.78 is 1.02. The van der Waals surface area contributed by atoms with Crippen LogP contribution in [0, 0.1) is 0 Å². The van der Waals surface area contributed by atoms with Crippen LogP contribution in [0.3, 0.4) is 0 Å². The van der Waals surface area contributed by atoms with Gasteiger partial charge in [-0.05, 0) is 23.8 Å². The van der Waals surface area contributed by atoms with Crippen LogP contribution >= 0.6 is 27.5 Å². The summed E-state index contributed by atoms with van der Waals surface area (Å²) >= 11 is 9.44. The fraction of sp³-hybridized carbons (Fsp3) is 0.0714. The zero-order chi connectivity index (χ0) is 13.0. The first kappa shape index (κ1) is 13.1. The molecule has 18 heavy (non-hydrogen) atoms. The first-order chi connectivity index (χ1) is 8.66. The van der Waals surface area contributed by atoms with Gasteiger partial charge in [-0.25, -0.2) is 0 Å². The van der Waals surface area contributed by atoms with E-state index in [0.717, 1.165) is 15.6 Å². The number of amidine groups is 1. The van der Waals surface area contributed by atoms with Crippen molar-refractivity contribution in [1.29, 1.82) is 0 Å². The van der Waals surface area contributed by atoms with Gasteiger partial charge < -0.3 is 5.73 Å². The standard InChI is InChI=1S/C14H12BrClN2/c15-12-7-5-10(6-8-12)14(17)18-9-11-3-1-2-4-13(11)16/h1-8H,9H2,(H2,17,18). The van der Waals surface area contributed by atoms with Gasteiger partial charge in [-0.1, -0.05) is 57.9 Å². The fourth-order valence-electron chi connectivity index (χ4n) is 1.51. The number of aliphatic imine (C=N–C) groups is 1. The first-order valence-corrected chi connectivity index (χ1v) is 6.63. The van der Waals surface area contributed by atoms with Gasteiger partial charge in [-0.15, -0.1) is 0 Å². The third kappa shape index (κ3) is 3.34. The highest BCUT2D eigenvalue weighted by Crippen LogP contribution is 2.16. The maximum absolute atomic E-state index is 6.06. The molecule has 2 N–H and O–H groups in total. The third-order valence-corrected chi connectivity index (χ3v) is 3.41. The van der Waals surface area contributed by atoms with E-state index in [0.29, 0.717) is 17.4 Å². The van der Waals surface area contributed by atoms with Crippen molar-refractivity contribution in [2.45, 2.75) is 6.54 Å². The summed E-state index contributed by atoms with van der Waals surface area (Å²) in [4.78, 5) is 4.35. The summed E-state index contributed by atoms with van der Waals surface area (Å²) in [6, 6.07) is 15.4. The first-order valence-electron chi connectivity index (χ1n) is 5.46. The summed E-state index contributed by atoms with van der Waals surface area (Å²) in [6.45, 7) is 0.488. The van der Waals surface area contributed by atoms with Crippen molar-refractivity contribution < 1.29 is 0 Å². The lowest BCUT2D eigenvalue weighted by Gasteiger charge is -2.03. The predicted octanol–water partition coefficient (Wildman–Crippen LogP) is 4.01. The van der Waals surface area contributed by atoms with E-state index in [2.05, 4.69) is 20.9 Å². The van der Waals surface area contributed by atoms with Gasteiger partial charge in [0.2, 0.25) is 0 Å². The second-order valence-corrected chi connectivity index (χ2v) is 5.12. The maximum Gasteiger partial charge on any atom is 0.125 e. The Morgan fingerprint density at radius 3 is 2.44 bits per heavy atom. The van der Waals surface area contributed by atoms with Crippen LogP contribution in [0.2, 0.25) is 5.02 Å². The fourth-order valence-corrected chi connectivity index (χ4v) is 1.97. The Morgan fingerprint density at radius 1 is 1.11 bits per heavy atom. The van der Waals surface area contributed by atoms with Crippen LogP contribution in [0.15, 0.2) is 58.0 Å². The van der Waals surface area contributed by atoms with Crippen LogP contribution in [0.4, 0.5) is 0 Å². The van der Waals surface area contributed by atoms with E-state index in [1.54, 1.807) is 0 Å². The number of halogens is 2. The highest BCUT2D eigenvalue weighted by Gasteiger charge is 2.00. The molecular formula is C14H12BrClN2. The molecule has 2 nitrogen and oxygen atoms in total. The summed E-state index contributed by atoms with van der Waals surface area (Å²) in [7, 11) is 0. The second kappa shape index (κ2) is 6.03. The van der Waals surface area contributed by atoms with E-state index in [1.165, 1.54) is 0 Å². The third-order valence-electron chi connectivity index (χ3n) is 2.52. The predicted molar refractivity (Wildman–Crippen MR) is 80.0 cm³/mol. The molecule has 2 rings (SSSR count). The normalized spacial score (nSPS) is 11.6. The van der Waals surface area contributed by atoms with Gasteiger partial charge in [0.25, 0.3) is 0 Å². The van der Waals surface area contributed by atoms with Crippen LogP contribution < -0.4 is 5.73 Å². The van der Waals surface area contributed by atoms with Crippen LogP contribution in [0.1, 0.15) is 11.1 Å². The average molecular weight is 324 g/mol. The number of hydrogen-bond acceptors (Lipinski definition) is 1. The number of nitrogens with zero attached hydrogens (tertiary/aromatic N) is 1. The van der Waals surface area contributed by atoms with Gasteiger partial charge in [0.15, 0.2) is 0 Å². The van der Waals surface area contributed by atoms with Crippen molar-refractivity contribution in [3.8, 4) is 0 Å². The molecule has 0 spiro atoms. The molecule has 0 radical (unpaired) electrons. The molecule has 0 atom stereocenters. The van der Waals surface area contributed by atoms with Crippen LogP contribution in [-0.2, 0) is 6.54 Å². The quantitative estimate of drug-likeness (QED) is 0.672. The lowest BCUT2D eigenvalue weighted by molar-refractivity contribution is 1.06.